The molecular weight excluding hydrogens is 210 g/mol. The van der Waals surface area contributed by atoms with Crippen LogP contribution in [0.1, 0.15) is 51.3 Å². The molecule has 0 saturated carbocycles. The third-order valence-corrected chi connectivity index (χ3v) is 4.00. The van der Waals surface area contributed by atoms with Crippen molar-refractivity contribution in [1.82, 2.24) is 9.97 Å². The Hall–Kier alpha value is -1.12. The van der Waals surface area contributed by atoms with Crippen LogP contribution in [0.25, 0.3) is 0 Å². The Morgan fingerprint density at radius 3 is 2.71 bits per heavy atom. The van der Waals surface area contributed by atoms with Crippen molar-refractivity contribution in [3.05, 3.63) is 17.6 Å². The lowest BCUT2D eigenvalue weighted by atomic mass is 9.95. The average molecular weight is 233 g/mol. The van der Waals surface area contributed by atoms with Gasteiger partial charge in [0.1, 0.15) is 12.1 Å². The standard InChI is InChI=1S/C14H23N3/c1-4-11(5-2)10(3)17-14-12-7-6-8-13(12)15-9-16-14/h9-11H,4-8H2,1-3H3,(H,15,16,17). The van der Waals surface area contributed by atoms with Gasteiger partial charge in [0.25, 0.3) is 0 Å². The molecule has 0 aromatic carbocycles. The third-order valence-electron chi connectivity index (χ3n) is 4.00. The minimum absolute atomic E-state index is 0.490. The van der Waals surface area contributed by atoms with Crippen LogP contribution in [0, 0.1) is 5.92 Å². The summed E-state index contributed by atoms with van der Waals surface area (Å²) >= 11 is 0. The molecule has 1 N–H and O–H groups in total. The van der Waals surface area contributed by atoms with Crippen molar-refractivity contribution in [1.29, 1.82) is 0 Å². The van der Waals surface area contributed by atoms with Crippen molar-refractivity contribution >= 4 is 5.82 Å². The number of aromatic nitrogens is 2. The van der Waals surface area contributed by atoms with Crippen LogP contribution >= 0.6 is 0 Å². The third kappa shape index (κ3) is 2.59. The summed E-state index contributed by atoms with van der Waals surface area (Å²) in [6, 6.07) is 0.490. The van der Waals surface area contributed by atoms with Gasteiger partial charge in [0, 0.05) is 17.3 Å². The SMILES string of the molecule is CCC(CC)C(C)Nc1ncnc2c1CCC2. The maximum absolute atomic E-state index is 4.42. The number of aryl methyl sites for hydroxylation is 1. The van der Waals surface area contributed by atoms with Crippen LogP contribution in [0.2, 0.25) is 0 Å². The molecule has 1 aromatic heterocycles. The number of hydrogen-bond acceptors (Lipinski definition) is 3. The van der Waals surface area contributed by atoms with E-state index in [1.807, 2.05) is 0 Å². The van der Waals surface area contributed by atoms with E-state index in [1.165, 1.54) is 30.5 Å². The normalized spacial score (nSPS) is 16.0. The van der Waals surface area contributed by atoms with Crippen molar-refractivity contribution in [3.63, 3.8) is 0 Å². The number of fused-ring (bicyclic) bond motifs is 1. The fourth-order valence-electron chi connectivity index (χ4n) is 2.81. The van der Waals surface area contributed by atoms with Crippen molar-refractivity contribution in [2.75, 3.05) is 5.32 Å². The zero-order valence-corrected chi connectivity index (χ0v) is 11.2. The second-order valence-corrected chi connectivity index (χ2v) is 5.01. The fraction of sp³-hybridized carbons (Fsp3) is 0.714. The first-order valence-corrected chi connectivity index (χ1v) is 6.85. The van der Waals surface area contributed by atoms with Crippen LogP contribution < -0.4 is 5.32 Å². The summed E-state index contributed by atoms with van der Waals surface area (Å²) in [5.41, 5.74) is 2.60. The minimum Gasteiger partial charge on any atom is -0.367 e. The predicted octanol–water partition coefficient (Wildman–Crippen LogP) is 3.20. The van der Waals surface area contributed by atoms with Gasteiger partial charge in [0.05, 0.1) is 0 Å². The van der Waals surface area contributed by atoms with E-state index in [0.29, 0.717) is 6.04 Å². The molecule has 94 valence electrons. The van der Waals surface area contributed by atoms with Crippen molar-refractivity contribution in [2.45, 2.75) is 58.9 Å². The zero-order chi connectivity index (χ0) is 12.3. The number of anilines is 1. The fourth-order valence-corrected chi connectivity index (χ4v) is 2.81. The summed E-state index contributed by atoms with van der Waals surface area (Å²) in [6.07, 6.45) is 7.62. The molecule has 0 saturated heterocycles. The highest BCUT2D eigenvalue weighted by molar-refractivity contribution is 5.48. The largest absolute Gasteiger partial charge is 0.367 e. The summed E-state index contributed by atoms with van der Waals surface area (Å²) in [5, 5.41) is 3.59. The van der Waals surface area contributed by atoms with Crippen LogP contribution in [0.15, 0.2) is 6.33 Å². The number of nitrogens with one attached hydrogen (secondary N) is 1. The summed E-state index contributed by atoms with van der Waals surface area (Å²) in [6.45, 7) is 6.79. The van der Waals surface area contributed by atoms with E-state index in [0.717, 1.165) is 24.6 Å². The molecule has 0 amide bonds. The lowest BCUT2D eigenvalue weighted by Crippen LogP contribution is -2.26. The second kappa shape index (κ2) is 5.48. The van der Waals surface area contributed by atoms with Gasteiger partial charge >= 0.3 is 0 Å². The van der Waals surface area contributed by atoms with Gasteiger partial charge in [-0.15, -0.1) is 0 Å². The van der Waals surface area contributed by atoms with Gasteiger partial charge in [-0.1, -0.05) is 26.7 Å². The van der Waals surface area contributed by atoms with Crippen LogP contribution in [0.5, 0.6) is 0 Å². The molecule has 0 radical (unpaired) electrons. The molecule has 1 aliphatic rings. The van der Waals surface area contributed by atoms with Crippen molar-refractivity contribution < 1.29 is 0 Å². The molecule has 3 nitrogen and oxygen atoms in total. The van der Waals surface area contributed by atoms with E-state index in [2.05, 4.69) is 36.1 Å². The number of nitrogens with zero attached hydrogens (tertiary/aromatic N) is 2. The Morgan fingerprint density at radius 2 is 2.00 bits per heavy atom. The molecule has 2 rings (SSSR count). The molecule has 0 aliphatic heterocycles. The number of rotatable bonds is 5. The highest BCUT2D eigenvalue weighted by Crippen LogP contribution is 2.26. The molecule has 0 fully saturated rings. The smallest absolute Gasteiger partial charge is 0.133 e. The Balaban J connectivity index is 2.11. The van der Waals surface area contributed by atoms with Gasteiger partial charge in [-0.25, -0.2) is 9.97 Å². The Kier molecular flexibility index (Phi) is 3.97. The maximum Gasteiger partial charge on any atom is 0.133 e. The first kappa shape index (κ1) is 12.3. The summed E-state index contributed by atoms with van der Waals surface area (Å²) in [4.78, 5) is 8.78. The molecule has 1 heterocycles. The zero-order valence-electron chi connectivity index (χ0n) is 11.2. The van der Waals surface area contributed by atoms with Gasteiger partial charge in [-0.05, 0) is 32.1 Å². The van der Waals surface area contributed by atoms with Crippen LogP contribution in [-0.2, 0) is 12.8 Å². The highest BCUT2D eigenvalue weighted by Gasteiger charge is 2.20. The van der Waals surface area contributed by atoms with E-state index in [9.17, 15) is 0 Å². The summed E-state index contributed by atoms with van der Waals surface area (Å²) < 4.78 is 0. The van der Waals surface area contributed by atoms with Crippen molar-refractivity contribution in [2.24, 2.45) is 5.92 Å². The first-order valence-electron chi connectivity index (χ1n) is 6.85. The monoisotopic (exact) mass is 233 g/mol. The quantitative estimate of drug-likeness (QED) is 0.848. The van der Waals surface area contributed by atoms with E-state index < -0.39 is 0 Å². The highest BCUT2D eigenvalue weighted by atomic mass is 15.0. The molecule has 1 aliphatic carbocycles. The first-order chi connectivity index (χ1) is 8.26. The van der Waals surface area contributed by atoms with Crippen LogP contribution in [-0.4, -0.2) is 16.0 Å². The number of hydrogen-bond donors (Lipinski definition) is 1. The Bertz CT molecular complexity index is 372. The summed E-state index contributed by atoms with van der Waals surface area (Å²) in [7, 11) is 0. The van der Waals surface area contributed by atoms with E-state index in [4.69, 9.17) is 0 Å². The molecule has 1 unspecified atom stereocenters. The van der Waals surface area contributed by atoms with Gasteiger partial charge < -0.3 is 5.32 Å². The summed E-state index contributed by atoms with van der Waals surface area (Å²) in [5.74, 6) is 1.80. The van der Waals surface area contributed by atoms with E-state index >= 15 is 0 Å². The van der Waals surface area contributed by atoms with Gasteiger partial charge in [0.2, 0.25) is 0 Å². The van der Waals surface area contributed by atoms with Gasteiger partial charge in [0.15, 0.2) is 0 Å². The minimum atomic E-state index is 0.490. The average Bonchev–Trinajstić information content (AvgIpc) is 2.80. The van der Waals surface area contributed by atoms with Crippen LogP contribution in [0.3, 0.4) is 0 Å². The van der Waals surface area contributed by atoms with E-state index in [1.54, 1.807) is 6.33 Å². The lowest BCUT2D eigenvalue weighted by Gasteiger charge is -2.24. The molecule has 1 atom stereocenters. The van der Waals surface area contributed by atoms with Crippen molar-refractivity contribution in [3.8, 4) is 0 Å². The molecule has 3 heteroatoms. The maximum atomic E-state index is 4.42. The molecule has 1 aromatic rings. The Labute approximate surface area is 104 Å². The molecular formula is C14H23N3. The molecule has 0 spiro atoms. The van der Waals surface area contributed by atoms with Gasteiger partial charge in [-0.2, -0.15) is 0 Å². The molecule has 17 heavy (non-hydrogen) atoms. The molecule has 0 bridgehead atoms. The topological polar surface area (TPSA) is 37.8 Å². The van der Waals surface area contributed by atoms with Gasteiger partial charge in [-0.3, -0.25) is 0 Å². The second-order valence-electron chi connectivity index (χ2n) is 5.01. The van der Waals surface area contributed by atoms with Crippen LogP contribution in [0.4, 0.5) is 5.82 Å². The Morgan fingerprint density at radius 1 is 1.24 bits per heavy atom. The predicted molar refractivity (Wildman–Crippen MR) is 71.2 cm³/mol. The van der Waals surface area contributed by atoms with E-state index in [-0.39, 0.29) is 0 Å². The lowest BCUT2D eigenvalue weighted by molar-refractivity contribution is 0.437.